The minimum absolute atomic E-state index is 0.0901. The largest absolute Gasteiger partial charge is 0.481 e. The molecule has 0 aliphatic heterocycles. The molecule has 22 heavy (non-hydrogen) atoms. The van der Waals surface area contributed by atoms with Crippen LogP contribution in [0.25, 0.3) is 5.69 Å². The van der Waals surface area contributed by atoms with Crippen LogP contribution in [0.1, 0.15) is 29.8 Å². The van der Waals surface area contributed by atoms with E-state index in [-0.39, 0.29) is 17.9 Å². The van der Waals surface area contributed by atoms with Crippen molar-refractivity contribution in [1.82, 2.24) is 14.9 Å². The second-order valence-corrected chi connectivity index (χ2v) is 5.50. The minimum Gasteiger partial charge on any atom is -0.481 e. The topological polar surface area (TPSA) is 84.2 Å². The number of benzene rings is 1. The summed E-state index contributed by atoms with van der Waals surface area (Å²) in [7, 11) is 0. The van der Waals surface area contributed by atoms with Crippen molar-refractivity contribution in [1.29, 1.82) is 0 Å². The maximum absolute atomic E-state index is 12.4. The van der Waals surface area contributed by atoms with Crippen molar-refractivity contribution in [2.24, 2.45) is 5.92 Å². The minimum atomic E-state index is -0.786. The van der Waals surface area contributed by atoms with Crippen molar-refractivity contribution in [3.05, 3.63) is 48.5 Å². The van der Waals surface area contributed by atoms with Gasteiger partial charge < -0.3 is 10.4 Å². The molecular formula is C16H17N3O3. The van der Waals surface area contributed by atoms with Gasteiger partial charge in [-0.2, -0.15) is 0 Å². The van der Waals surface area contributed by atoms with Gasteiger partial charge in [0.25, 0.3) is 5.91 Å². The van der Waals surface area contributed by atoms with Gasteiger partial charge in [0.05, 0.1) is 18.4 Å². The molecule has 2 atom stereocenters. The van der Waals surface area contributed by atoms with E-state index >= 15 is 0 Å². The molecule has 0 bridgehead atoms. The van der Waals surface area contributed by atoms with Crippen LogP contribution >= 0.6 is 0 Å². The summed E-state index contributed by atoms with van der Waals surface area (Å²) in [5.41, 5.74) is 1.31. The lowest BCUT2D eigenvalue weighted by Crippen LogP contribution is -2.34. The average Bonchev–Trinajstić information content (AvgIpc) is 3.17. The molecular weight excluding hydrogens is 282 g/mol. The maximum atomic E-state index is 12.4. The van der Waals surface area contributed by atoms with Gasteiger partial charge in [0.15, 0.2) is 0 Å². The van der Waals surface area contributed by atoms with Crippen LogP contribution in [0.5, 0.6) is 0 Å². The van der Waals surface area contributed by atoms with Crippen LogP contribution < -0.4 is 5.32 Å². The second kappa shape index (κ2) is 6.01. The van der Waals surface area contributed by atoms with Crippen molar-refractivity contribution < 1.29 is 14.7 Å². The van der Waals surface area contributed by atoms with Crippen LogP contribution in [0.15, 0.2) is 42.9 Å². The van der Waals surface area contributed by atoms with Crippen molar-refractivity contribution >= 4 is 11.9 Å². The van der Waals surface area contributed by atoms with E-state index in [2.05, 4.69) is 10.3 Å². The number of nitrogens with zero attached hydrogens (tertiary/aromatic N) is 2. The highest BCUT2D eigenvalue weighted by molar-refractivity contribution is 5.93. The highest BCUT2D eigenvalue weighted by Crippen LogP contribution is 2.26. The van der Waals surface area contributed by atoms with Crippen molar-refractivity contribution in [3.63, 3.8) is 0 Å². The summed E-state index contributed by atoms with van der Waals surface area (Å²) in [6, 6.07) is 9.40. The second-order valence-electron chi connectivity index (χ2n) is 5.50. The Balaban J connectivity index is 1.72. The lowest BCUT2D eigenvalue weighted by molar-refractivity contribution is -0.141. The Bertz CT molecular complexity index is 681. The Morgan fingerprint density at radius 2 is 2.00 bits per heavy atom. The third-order valence-electron chi connectivity index (χ3n) is 4.02. The normalized spacial score (nSPS) is 20.7. The van der Waals surface area contributed by atoms with Gasteiger partial charge >= 0.3 is 5.97 Å². The number of aliphatic carboxylic acids is 1. The molecule has 1 aromatic carbocycles. The van der Waals surface area contributed by atoms with Gasteiger partial charge in [-0.3, -0.25) is 14.2 Å². The van der Waals surface area contributed by atoms with E-state index in [1.54, 1.807) is 10.9 Å². The van der Waals surface area contributed by atoms with Gasteiger partial charge in [-0.15, -0.1) is 0 Å². The highest BCUT2D eigenvalue weighted by atomic mass is 16.4. The summed E-state index contributed by atoms with van der Waals surface area (Å²) >= 11 is 0. The number of nitrogens with one attached hydrogen (secondary N) is 1. The van der Waals surface area contributed by atoms with Gasteiger partial charge in [-0.25, -0.2) is 4.98 Å². The number of amides is 1. The quantitative estimate of drug-likeness (QED) is 0.902. The summed E-state index contributed by atoms with van der Waals surface area (Å²) in [5, 5.41) is 11.9. The van der Waals surface area contributed by atoms with E-state index < -0.39 is 5.97 Å². The van der Waals surface area contributed by atoms with E-state index in [0.717, 1.165) is 5.69 Å². The molecule has 6 nitrogen and oxygen atoms in total. The van der Waals surface area contributed by atoms with Crippen LogP contribution in [0.3, 0.4) is 0 Å². The van der Waals surface area contributed by atoms with Gasteiger partial charge in [-0.1, -0.05) is 18.2 Å². The Hall–Kier alpha value is -2.63. The molecule has 2 N–H and O–H groups in total. The van der Waals surface area contributed by atoms with Gasteiger partial charge in [0.2, 0.25) is 0 Å². The lowest BCUT2D eigenvalue weighted by atomic mass is 10.1. The van der Waals surface area contributed by atoms with Crippen LogP contribution in [-0.2, 0) is 4.79 Å². The number of para-hydroxylation sites is 1. The van der Waals surface area contributed by atoms with Crippen LogP contribution in [-0.4, -0.2) is 32.6 Å². The number of carbonyl (C=O) groups is 2. The molecule has 2 aromatic rings. The SMILES string of the molecule is O=C(N[C@@H]1CC[C@H](C(=O)O)C1)c1cncn1-c1ccccc1. The summed E-state index contributed by atoms with van der Waals surface area (Å²) in [6.45, 7) is 0. The molecule has 1 saturated carbocycles. The molecule has 0 unspecified atom stereocenters. The number of carbonyl (C=O) groups excluding carboxylic acids is 1. The number of carboxylic acid groups (broad SMARTS) is 1. The summed E-state index contributed by atoms with van der Waals surface area (Å²) in [4.78, 5) is 27.4. The van der Waals surface area contributed by atoms with Gasteiger partial charge in [0, 0.05) is 11.7 Å². The first-order chi connectivity index (χ1) is 10.6. The lowest BCUT2D eigenvalue weighted by Gasteiger charge is -2.13. The Morgan fingerprint density at radius 3 is 2.68 bits per heavy atom. The monoisotopic (exact) mass is 299 g/mol. The van der Waals surface area contributed by atoms with E-state index in [1.807, 2.05) is 30.3 Å². The van der Waals surface area contributed by atoms with Crippen LogP contribution in [0, 0.1) is 5.92 Å². The zero-order valence-electron chi connectivity index (χ0n) is 12.0. The molecule has 3 rings (SSSR count). The predicted molar refractivity (Wildman–Crippen MR) is 79.8 cm³/mol. The van der Waals surface area contributed by atoms with Gasteiger partial charge in [-0.05, 0) is 31.4 Å². The fourth-order valence-corrected chi connectivity index (χ4v) is 2.85. The van der Waals surface area contributed by atoms with Crippen LogP contribution in [0.2, 0.25) is 0 Å². The maximum Gasteiger partial charge on any atom is 0.306 e. The highest BCUT2D eigenvalue weighted by Gasteiger charge is 2.31. The number of hydrogen-bond donors (Lipinski definition) is 2. The molecule has 1 aliphatic rings. The number of rotatable bonds is 4. The van der Waals surface area contributed by atoms with Gasteiger partial charge in [0.1, 0.15) is 5.69 Å². The fraction of sp³-hybridized carbons (Fsp3) is 0.312. The van der Waals surface area contributed by atoms with E-state index in [4.69, 9.17) is 5.11 Å². The Kier molecular flexibility index (Phi) is 3.91. The zero-order chi connectivity index (χ0) is 15.5. The number of aromatic nitrogens is 2. The van der Waals surface area contributed by atoms with Crippen molar-refractivity contribution in [2.75, 3.05) is 0 Å². The zero-order valence-corrected chi connectivity index (χ0v) is 12.0. The van der Waals surface area contributed by atoms with E-state index in [1.165, 1.54) is 6.20 Å². The first-order valence-electron chi connectivity index (χ1n) is 7.26. The molecule has 1 aromatic heterocycles. The summed E-state index contributed by atoms with van der Waals surface area (Å²) in [5.74, 6) is -1.37. The molecule has 1 fully saturated rings. The predicted octanol–water partition coefficient (Wildman–Crippen LogP) is 1.86. The van der Waals surface area contributed by atoms with E-state index in [9.17, 15) is 9.59 Å². The van der Waals surface area contributed by atoms with E-state index in [0.29, 0.717) is 25.0 Å². The summed E-state index contributed by atoms with van der Waals surface area (Å²) < 4.78 is 1.72. The Labute approximate surface area is 127 Å². The molecule has 114 valence electrons. The third kappa shape index (κ3) is 2.86. The number of carboxylic acids is 1. The Morgan fingerprint density at radius 1 is 1.23 bits per heavy atom. The molecule has 1 aliphatic carbocycles. The van der Waals surface area contributed by atoms with Crippen LogP contribution in [0.4, 0.5) is 0 Å². The molecule has 0 radical (unpaired) electrons. The standard InChI is InChI=1S/C16H17N3O3/c20-15(18-12-7-6-11(8-12)16(21)22)14-9-17-10-19(14)13-4-2-1-3-5-13/h1-5,9-12H,6-8H2,(H,18,20)(H,21,22)/t11-,12+/m0/s1. The number of imidazole rings is 1. The molecule has 1 heterocycles. The average molecular weight is 299 g/mol. The van der Waals surface area contributed by atoms with Crippen molar-refractivity contribution in [3.8, 4) is 5.69 Å². The first kappa shape index (κ1) is 14.3. The molecule has 0 spiro atoms. The summed E-state index contributed by atoms with van der Waals surface area (Å²) in [6.07, 6.45) is 4.91. The first-order valence-corrected chi connectivity index (χ1v) is 7.26. The smallest absolute Gasteiger partial charge is 0.306 e. The molecule has 1 amide bonds. The number of hydrogen-bond acceptors (Lipinski definition) is 3. The third-order valence-corrected chi connectivity index (χ3v) is 4.02. The molecule has 6 heteroatoms. The molecule has 0 saturated heterocycles. The van der Waals surface area contributed by atoms with Crippen molar-refractivity contribution in [2.45, 2.75) is 25.3 Å². The fourth-order valence-electron chi connectivity index (χ4n) is 2.85.